The summed E-state index contributed by atoms with van der Waals surface area (Å²) < 4.78 is 28.2. The molecule has 6 N–H and O–H groups in total. The maximum absolute atomic E-state index is 11.3. The van der Waals surface area contributed by atoms with Crippen molar-refractivity contribution in [1.29, 1.82) is 0 Å². The molecule has 2 heterocycles. The topological polar surface area (TPSA) is 236 Å². The van der Waals surface area contributed by atoms with Gasteiger partial charge in [0.2, 0.25) is 5.79 Å². The van der Waals surface area contributed by atoms with Crippen molar-refractivity contribution >= 4 is 23.9 Å². The molecule has 15 heteroatoms. The summed E-state index contributed by atoms with van der Waals surface area (Å²) >= 11 is 0. The van der Waals surface area contributed by atoms with Crippen molar-refractivity contribution in [3.63, 3.8) is 0 Å². The Kier molecular flexibility index (Phi) is 15.2. The van der Waals surface area contributed by atoms with E-state index in [0.29, 0.717) is 36.9 Å². The lowest BCUT2D eigenvalue weighted by Gasteiger charge is -2.48. The normalized spacial score (nSPS) is 23.8. The van der Waals surface area contributed by atoms with Gasteiger partial charge in [0, 0.05) is 40.4 Å². The highest BCUT2D eigenvalue weighted by atomic mass is 16.7. The number of aliphatic hydroxyl groups excluding tert-OH is 3. The minimum atomic E-state index is -1.77. The number of aliphatic hydroxyl groups is 3. The van der Waals surface area contributed by atoms with Gasteiger partial charge in [-0.05, 0) is 60.1 Å². The van der Waals surface area contributed by atoms with E-state index in [1.54, 1.807) is 0 Å². The van der Waals surface area contributed by atoms with Crippen LogP contribution in [0.15, 0.2) is 36.4 Å². The Morgan fingerprint density at radius 1 is 0.812 bits per heavy atom. The molecule has 0 bridgehead atoms. The average molecular weight is 681 g/mol. The number of benzene rings is 2. The van der Waals surface area contributed by atoms with Crippen LogP contribution in [0.2, 0.25) is 0 Å². The number of ether oxygens (including phenoxy) is 5. The monoisotopic (exact) mass is 680 g/mol. The van der Waals surface area contributed by atoms with Crippen molar-refractivity contribution in [2.45, 2.75) is 83.1 Å². The van der Waals surface area contributed by atoms with Crippen molar-refractivity contribution in [2.24, 2.45) is 0 Å². The fraction of sp³-hybridized carbons (Fsp3) is 0.515. The first-order valence-electron chi connectivity index (χ1n) is 15.0. The van der Waals surface area contributed by atoms with E-state index >= 15 is 0 Å². The van der Waals surface area contributed by atoms with E-state index in [2.05, 4.69) is 0 Å². The number of carbonyl (C=O) groups excluding carboxylic acids is 1. The number of hydrogen-bond acceptors (Lipinski definition) is 12. The van der Waals surface area contributed by atoms with Crippen LogP contribution in [0.4, 0.5) is 0 Å². The van der Waals surface area contributed by atoms with E-state index < -0.39 is 54.1 Å². The zero-order chi connectivity index (χ0) is 36.2. The molecular weight excluding hydrogens is 636 g/mol. The summed E-state index contributed by atoms with van der Waals surface area (Å²) in [4.78, 5) is 38.3. The molecule has 2 aromatic rings. The molecule has 1 saturated heterocycles. The van der Waals surface area contributed by atoms with Gasteiger partial charge in [0.25, 0.3) is 17.9 Å². The molecule has 3 aliphatic rings. The first-order chi connectivity index (χ1) is 22.5. The fourth-order valence-corrected chi connectivity index (χ4v) is 5.04. The van der Waals surface area contributed by atoms with Crippen LogP contribution in [-0.4, -0.2) is 106 Å². The van der Waals surface area contributed by atoms with Gasteiger partial charge in [-0.1, -0.05) is 18.2 Å². The molecule has 2 fully saturated rings. The van der Waals surface area contributed by atoms with E-state index in [1.807, 2.05) is 36.4 Å². The van der Waals surface area contributed by atoms with Crippen molar-refractivity contribution in [2.75, 3.05) is 26.9 Å². The third kappa shape index (κ3) is 11.8. The van der Waals surface area contributed by atoms with Crippen LogP contribution in [0.25, 0.3) is 0 Å². The number of hydrogen-bond donors (Lipinski definition) is 6. The summed E-state index contributed by atoms with van der Waals surface area (Å²) in [6.45, 7) is 5.23. The Hall–Kier alpha value is -4.28. The molecule has 0 amide bonds. The van der Waals surface area contributed by atoms with E-state index in [-0.39, 0.29) is 6.61 Å². The summed E-state index contributed by atoms with van der Waals surface area (Å²) in [5.74, 6) is -2.92. The van der Waals surface area contributed by atoms with Crippen LogP contribution in [-0.2, 0) is 45.6 Å². The van der Waals surface area contributed by atoms with Gasteiger partial charge < -0.3 is 54.3 Å². The van der Waals surface area contributed by atoms with Crippen molar-refractivity contribution in [3.8, 4) is 11.5 Å². The smallest absolute Gasteiger partial charge is 0.302 e. The number of esters is 1. The molecule has 1 aliphatic carbocycles. The summed E-state index contributed by atoms with van der Waals surface area (Å²) in [7, 11) is 1.37. The number of carbonyl (C=O) groups is 4. The summed E-state index contributed by atoms with van der Waals surface area (Å²) in [5.41, 5.74) is 3.78. The Morgan fingerprint density at radius 3 is 1.90 bits per heavy atom. The quantitative estimate of drug-likeness (QED) is 0.230. The highest BCUT2D eigenvalue weighted by Gasteiger charge is 2.55. The summed E-state index contributed by atoms with van der Waals surface area (Å²) in [6.07, 6.45) is -2.91. The number of aliphatic carboxylic acids is 3. The molecule has 5 atom stereocenters. The molecule has 15 nitrogen and oxygen atoms in total. The van der Waals surface area contributed by atoms with Crippen molar-refractivity contribution in [3.05, 3.63) is 58.7 Å². The Balaban J connectivity index is 0.000000578. The zero-order valence-corrected chi connectivity index (χ0v) is 27.5. The van der Waals surface area contributed by atoms with Gasteiger partial charge in [-0.2, -0.15) is 0 Å². The van der Waals surface area contributed by atoms with Gasteiger partial charge in [0.05, 0.1) is 0 Å². The average Bonchev–Trinajstić information content (AvgIpc) is 3.84. The van der Waals surface area contributed by atoms with Gasteiger partial charge in [0.15, 0.2) is 11.5 Å². The van der Waals surface area contributed by atoms with Gasteiger partial charge >= 0.3 is 5.97 Å². The van der Waals surface area contributed by atoms with Gasteiger partial charge in [-0.25, -0.2) is 0 Å². The molecule has 266 valence electrons. The lowest BCUT2D eigenvalue weighted by molar-refractivity contribution is -0.366. The van der Waals surface area contributed by atoms with Gasteiger partial charge in [0.1, 0.15) is 44.2 Å². The largest absolute Gasteiger partial charge is 0.486 e. The van der Waals surface area contributed by atoms with Crippen molar-refractivity contribution < 1.29 is 73.5 Å². The first kappa shape index (κ1) is 39.9. The molecule has 5 rings (SSSR count). The van der Waals surface area contributed by atoms with Crippen LogP contribution in [0.1, 0.15) is 68.7 Å². The lowest BCUT2D eigenvalue weighted by atomic mass is 9.85. The van der Waals surface area contributed by atoms with Crippen LogP contribution in [0, 0.1) is 0 Å². The van der Waals surface area contributed by atoms with Crippen LogP contribution >= 0.6 is 0 Å². The molecule has 1 saturated carbocycles. The molecule has 0 aromatic heterocycles. The SMILES string of the molecule is CC(=O)O.CC(=O)O.CC(=O)O.COC1(c2ccc(C3CC3)c(Cc3ccc4c(c3)OCCO4)c2)O[C@H](COC(C)=O)[C@@H](O)[C@H](O)[C@H]1O. The van der Waals surface area contributed by atoms with Gasteiger partial charge in [-0.15, -0.1) is 0 Å². The first-order valence-corrected chi connectivity index (χ1v) is 15.0. The summed E-state index contributed by atoms with van der Waals surface area (Å²) in [5, 5.41) is 54.4. The van der Waals surface area contributed by atoms with Crippen LogP contribution in [0.3, 0.4) is 0 Å². The maximum atomic E-state index is 11.3. The highest BCUT2D eigenvalue weighted by molar-refractivity contribution is 5.66. The van der Waals surface area contributed by atoms with E-state index in [9.17, 15) is 20.1 Å². The van der Waals surface area contributed by atoms with E-state index in [4.69, 9.17) is 53.4 Å². The molecule has 2 aliphatic heterocycles. The lowest BCUT2D eigenvalue weighted by Crippen LogP contribution is -2.64. The molecule has 48 heavy (non-hydrogen) atoms. The number of methoxy groups -OCH3 is 1. The Bertz CT molecular complexity index is 1360. The molecule has 2 aromatic carbocycles. The van der Waals surface area contributed by atoms with E-state index in [0.717, 1.165) is 50.5 Å². The fourth-order valence-electron chi connectivity index (χ4n) is 5.04. The molecule has 0 spiro atoms. The standard InChI is InChI=1S/C27H32O9.3C2H4O2/c1-15(28)35-14-23-24(29)25(30)26(31)27(32-2,36-23)19-6-7-20(17-4-5-17)18(13-19)11-16-3-8-21-22(12-16)34-10-9-33-21;3*1-2(3)4/h3,6-8,12-13,17,23-26,29-31H,4-5,9-11,14H2,1-2H3;3*1H3,(H,3,4)/t23-,24-,25+,26-,27?;;;/m1.../s1. The van der Waals surface area contributed by atoms with E-state index in [1.165, 1.54) is 19.6 Å². The maximum Gasteiger partial charge on any atom is 0.302 e. The zero-order valence-electron chi connectivity index (χ0n) is 27.5. The van der Waals surface area contributed by atoms with Crippen molar-refractivity contribution in [1.82, 2.24) is 0 Å². The number of fused-ring (bicyclic) bond motifs is 1. The molecular formula is C33H44O15. The highest BCUT2D eigenvalue weighted by Crippen LogP contribution is 2.45. The third-order valence-electron chi connectivity index (χ3n) is 7.09. The third-order valence-corrected chi connectivity index (χ3v) is 7.09. The predicted octanol–water partition coefficient (Wildman–Crippen LogP) is 2.04. The predicted molar refractivity (Wildman–Crippen MR) is 167 cm³/mol. The Labute approximate surface area is 277 Å². The van der Waals surface area contributed by atoms with Crippen LogP contribution < -0.4 is 9.47 Å². The second kappa shape index (κ2) is 18.3. The Morgan fingerprint density at radius 2 is 1.38 bits per heavy atom. The number of rotatable bonds is 7. The second-order valence-electron chi connectivity index (χ2n) is 11.2. The second-order valence-corrected chi connectivity index (χ2v) is 11.2. The van der Waals surface area contributed by atoms with Gasteiger partial charge in [-0.3, -0.25) is 19.2 Å². The van der Waals surface area contributed by atoms with Crippen LogP contribution in [0.5, 0.6) is 11.5 Å². The minimum Gasteiger partial charge on any atom is -0.486 e. The summed E-state index contributed by atoms with van der Waals surface area (Å²) in [6, 6.07) is 11.6. The number of carboxylic acid groups (broad SMARTS) is 3. The minimum absolute atomic E-state index is 0.296. The number of carboxylic acids is 3. The molecule has 1 unspecified atom stereocenters. The molecule has 0 radical (unpaired) electrons.